The van der Waals surface area contributed by atoms with E-state index in [9.17, 15) is 4.79 Å². The van der Waals surface area contributed by atoms with Gasteiger partial charge in [-0.3, -0.25) is 4.79 Å². The highest BCUT2D eigenvalue weighted by Crippen LogP contribution is 2.15. The summed E-state index contributed by atoms with van der Waals surface area (Å²) in [5, 5.41) is 0. The van der Waals surface area contributed by atoms with Crippen molar-refractivity contribution < 1.29 is 9.53 Å². The minimum atomic E-state index is -0.0152. The Labute approximate surface area is 164 Å². The molecule has 0 saturated heterocycles. The molecular weight excluding hydrogens is 320 g/mol. The van der Waals surface area contributed by atoms with Crippen molar-refractivity contribution in [3.8, 4) is 0 Å². The highest BCUT2D eigenvalue weighted by atomic mass is 16.5. The molecule has 0 amide bonds. The predicted octanol–water partition coefficient (Wildman–Crippen LogP) is 8.08. The fourth-order valence-corrected chi connectivity index (χ4v) is 3.28. The summed E-state index contributed by atoms with van der Waals surface area (Å²) in [6.07, 6.45) is 21.0. The predicted molar refractivity (Wildman–Crippen MR) is 115 cm³/mol. The second-order valence-electron chi connectivity index (χ2n) is 8.96. The fraction of sp³-hybridized carbons (Fsp3) is 0.958. The molecule has 0 atom stereocenters. The van der Waals surface area contributed by atoms with E-state index in [4.69, 9.17) is 4.74 Å². The second kappa shape index (κ2) is 19.2. The van der Waals surface area contributed by atoms with Gasteiger partial charge in [-0.05, 0) is 18.3 Å². The van der Waals surface area contributed by atoms with Crippen molar-refractivity contribution in [1.82, 2.24) is 0 Å². The van der Waals surface area contributed by atoms with Gasteiger partial charge in [-0.1, -0.05) is 118 Å². The lowest BCUT2D eigenvalue weighted by Gasteiger charge is -2.07. The van der Waals surface area contributed by atoms with E-state index in [0.29, 0.717) is 18.9 Å². The van der Waals surface area contributed by atoms with Gasteiger partial charge in [0.25, 0.3) is 0 Å². The summed E-state index contributed by atoms with van der Waals surface area (Å²) in [5.41, 5.74) is 0. The van der Waals surface area contributed by atoms with E-state index in [1.54, 1.807) is 0 Å². The van der Waals surface area contributed by atoms with Crippen LogP contribution in [0.25, 0.3) is 0 Å². The normalized spacial score (nSPS) is 11.5. The maximum Gasteiger partial charge on any atom is 0.305 e. The summed E-state index contributed by atoms with van der Waals surface area (Å²) in [6.45, 7) is 9.36. The molecule has 0 aromatic carbocycles. The lowest BCUT2D eigenvalue weighted by Crippen LogP contribution is -2.09. The Bertz CT molecular complexity index is 297. The van der Waals surface area contributed by atoms with Gasteiger partial charge >= 0.3 is 5.97 Å². The summed E-state index contributed by atoms with van der Waals surface area (Å²) in [7, 11) is 0. The first kappa shape index (κ1) is 25.5. The van der Waals surface area contributed by atoms with Crippen LogP contribution in [-0.2, 0) is 9.53 Å². The number of carbonyl (C=O) groups is 1. The third kappa shape index (κ3) is 21.5. The molecule has 0 aromatic heterocycles. The topological polar surface area (TPSA) is 26.3 Å². The second-order valence-corrected chi connectivity index (χ2v) is 8.96. The van der Waals surface area contributed by atoms with Crippen LogP contribution in [-0.4, -0.2) is 12.6 Å². The standard InChI is InChI=1S/C24H48O2/c1-22(2)19-17-15-13-11-9-7-5-6-8-10-12-14-16-18-20-24(25)26-21-23(3)4/h22-23H,5-21H2,1-4H3. The lowest BCUT2D eigenvalue weighted by atomic mass is 10.0. The molecule has 0 aromatic rings. The van der Waals surface area contributed by atoms with Gasteiger partial charge in [0.2, 0.25) is 0 Å². The number of carbonyl (C=O) groups excluding carboxylic acids is 1. The van der Waals surface area contributed by atoms with E-state index >= 15 is 0 Å². The van der Waals surface area contributed by atoms with Crippen molar-refractivity contribution in [3.63, 3.8) is 0 Å². The van der Waals surface area contributed by atoms with Gasteiger partial charge in [0.15, 0.2) is 0 Å². The first-order valence-corrected chi connectivity index (χ1v) is 11.7. The van der Waals surface area contributed by atoms with Crippen molar-refractivity contribution >= 4 is 5.97 Å². The van der Waals surface area contributed by atoms with Gasteiger partial charge in [-0.2, -0.15) is 0 Å². The first-order valence-electron chi connectivity index (χ1n) is 11.7. The molecule has 0 N–H and O–H groups in total. The summed E-state index contributed by atoms with van der Waals surface area (Å²) >= 11 is 0. The molecule has 0 unspecified atom stereocenters. The van der Waals surface area contributed by atoms with E-state index in [-0.39, 0.29) is 5.97 Å². The Morgan fingerprint density at radius 2 is 0.962 bits per heavy atom. The molecule has 2 heteroatoms. The number of hydrogen-bond donors (Lipinski definition) is 0. The van der Waals surface area contributed by atoms with Crippen LogP contribution < -0.4 is 0 Å². The van der Waals surface area contributed by atoms with Gasteiger partial charge in [0.1, 0.15) is 0 Å². The first-order chi connectivity index (χ1) is 12.5. The minimum absolute atomic E-state index is 0.0152. The highest BCUT2D eigenvalue weighted by molar-refractivity contribution is 5.69. The average molecular weight is 369 g/mol. The molecule has 0 heterocycles. The van der Waals surface area contributed by atoms with Crippen molar-refractivity contribution in [1.29, 1.82) is 0 Å². The molecule has 0 aliphatic rings. The van der Waals surface area contributed by atoms with Gasteiger partial charge in [0, 0.05) is 6.42 Å². The number of unbranched alkanes of at least 4 members (excludes halogenated alkanes) is 13. The van der Waals surface area contributed by atoms with Crippen LogP contribution in [0.1, 0.15) is 130 Å². The van der Waals surface area contributed by atoms with E-state index < -0.39 is 0 Å². The monoisotopic (exact) mass is 368 g/mol. The number of ether oxygens (including phenoxy) is 1. The van der Waals surface area contributed by atoms with Crippen LogP contribution in [0.4, 0.5) is 0 Å². The minimum Gasteiger partial charge on any atom is -0.465 e. The molecule has 0 bridgehead atoms. The van der Waals surface area contributed by atoms with Crippen molar-refractivity contribution in [2.45, 2.75) is 130 Å². The lowest BCUT2D eigenvalue weighted by molar-refractivity contribution is -0.144. The van der Waals surface area contributed by atoms with Gasteiger partial charge in [-0.15, -0.1) is 0 Å². The molecule has 0 aliphatic heterocycles. The third-order valence-electron chi connectivity index (χ3n) is 4.99. The Morgan fingerprint density at radius 1 is 0.577 bits per heavy atom. The Kier molecular flexibility index (Phi) is 18.8. The molecular formula is C24H48O2. The Morgan fingerprint density at radius 3 is 1.35 bits per heavy atom. The van der Waals surface area contributed by atoms with Crippen LogP contribution in [0, 0.1) is 11.8 Å². The van der Waals surface area contributed by atoms with Gasteiger partial charge in [0.05, 0.1) is 6.61 Å². The Hall–Kier alpha value is -0.530. The molecule has 0 rings (SSSR count). The van der Waals surface area contributed by atoms with E-state index in [1.807, 2.05) is 0 Å². The SMILES string of the molecule is CC(C)CCCCCCCCCCCCCCCCC(=O)OCC(C)C. The quantitative estimate of drug-likeness (QED) is 0.170. The van der Waals surface area contributed by atoms with Crippen LogP contribution >= 0.6 is 0 Å². The largest absolute Gasteiger partial charge is 0.465 e. The molecule has 0 fully saturated rings. The third-order valence-corrected chi connectivity index (χ3v) is 4.99. The van der Waals surface area contributed by atoms with Crippen LogP contribution in [0.3, 0.4) is 0 Å². The maximum atomic E-state index is 11.5. The van der Waals surface area contributed by atoms with Crippen molar-refractivity contribution in [3.05, 3.63) is 0 Å². The molecule has 26 heavy (non-hydrogen) atoms. The van der Waals surface area contributed by atoms with Gasteiger partial charge < -0.3 is 4.74 Å². The van der Waals surface area contributed by atoms with E-state index in [2.05, 4.69) is 27.7 Å². The number of esters is 1. The van der Waals surface area contributed by atoms with E-state index in [1.165, 1.54) is 89.9 Å². The summed E-state index contributed by atoms with van der Waals surface area (Å²) in [5.74, 6) is 1.30. The Balaban J connectivity index is 3.10. The number of hydrogen-bond acceptors (Lipinski definition) is 2. The van der Waals surface area contributed by atoms with Crippen LogP contribution in [0.5, 0.6) is 0 Å². The zero-order valence-corrected chi connectivity index (χ0v) is 18.5. The molecule has 156 valence electrons. The zero-order valence-electron chi connectivity index (χ0n) is 18.5. The molecule has 0 radical (unpaired) electrons. The fourth-order valence-electron chi connectivity index (χ4n) is 3.28. The number of rotatable bonds is 19. The van der Waals surface area contributed by atoms with E-state index in [0.717, 1.165) is 12.3 Å². The summed E-state index contributed by atoms with van der Waals surface area (Å²) in [6, 6.07) is 0. The maximum absolute atomic E-state index is 11.5. The average Bonchev–Trinajstić information content (AvgIpc) is 2.59. The summed E-state index contributed by atoms with van der Waals surface area (Å²) in [4.78, 5) is 11.5. The molecule has 0 spiro atoms. The smallest absolute Gasteiger partial charge is 0.305 e. The van der Waals surface area contributed by atoms with Crippen molar-refractivity contribution in [2.24, 2.45) is 11.8 Å². The zero-order chi connectivity index (χ0) is 19.5. The van der Waals surface area contributed by atoms with Gasteiger partial charge in [-0.25, -0.2) is 0 Å². The molecule has 2 nitrogen and oxygen atoms in total. The molecule has 0 aliphatic carbocycles. The van der Waals surface area contributed by atoms with Crippen molar-refractivity contribution in [2.75, 3.05) is 6.61 Å². The van der Waals surface area contributed by atoms with Crippen LogP contribution in [0.15, 0.2) is 0 Å². The molecule has 0 saturated carbocycles. The van der Waals surface area contributed by atoms with Crippen LogP contribution in [0.2, 0.25) is 0 Å². The summed E-state index contributed by atoms with van der Waals surface area (Å²) < 4.78 is 5.19. The highest BCUT2D eigenvalue weighted by Gasteiger charge is 2.03.